The average molecular weight is 740 g/mol. The predicted octanol–water partition coefficient (Wildman–Crippen LogP) is 16.0. The Bertz CT molecular complexity index is 3140. The van der Waals surface area contributed by atoms with Crippen molar-refractivity contribution in [2.75, 3.05) is 4.90 Å². The number of furan rings is 1. The van der Waals surface area contributed by atoms with Crippen molar-refractivity contribution in [3.8, 4) is 44.5 Å². The summed E-state index contributed by atoms with van der Waals surface area (Å²) in [5.74, 6) is 0. The first-order valence-corrected chi connectivity index (χ1v) is 19.8. The van der Waals surface area contributed by atoms with Crippen LogP contribution in [-0.2, 0) is 0 Å². The Morgan fingerprint density at radius 2 is 0.672 bits per heavy atom. The van der Waals surface area contributed by atoms with Crippen LogP contribution in [0.4, 0.5) is 17.1 Å². The van der Waals surface area contributed by atoms with Crippen LogP contribution in [0.25, 0.3) is 88.0 Å². The zero-order valence-corrected chi connectivity index (χ0v) is 31.7. The molecule has 0 fully saturated rings. The standard InChI is InChI=1S/C56H37NO/c1-3-10-38(11-4-1)41-24-31-47(32-25-41)57(48-33-26-42(27-34-48)39-12-5-2-6-13-39)49-35-28-43(29-36-49)40-18-20-45(21-19-40)51-16-9-17-52-53-37-30-46-23-22-44-14-7-8-15-50(44)54(46)56(53)58-55(51)52/h1-37H. The first kappa shape index (κ1) is 33.6. The second-order valence-electron chi connectivity index (χ2n) is 14.9. The summed E-state index contributed by atoms with van der Waals surface area (Å²) in [6.07, 6.45) is 0. The molecule has 0 bridgehead atoms. The summed E-state index contributed by atoms with van der Waals surface area (Å²) in [4.78, 5) is 2.33. The highest BCUT2D eigenvalue weighted by Gasteiger charge is 2.17. The summed E-state index contributed by atoms with van der Waals surface area (Å²) in [6.45, 7) is 0. The fourth-order valence-electron chi connectivity index (χ4n) is 8.53. The number of nitrogens with zero attached hydrogens (tertiary/aromatic N) is 1. The van der Waals surface area contributed by atoms with E-state index in [0.717, 1.165) is 61.3 Å². The number of rotatable bonds is 7. The highest BCUT2D eigenvalue weighted by molar-refractivity contribution is 6.24. The third-order valence-electron chi connectivity index (χ3n) is 11.5. The molecule has 0 N–H and O–H groups in total. The molecular weight excluding hydrogens is 703 g/mol. The Kier molecular flexibility index (Phi) is 8.19. The molecule has 2 heteroatoms. The maximum atomic E-state index is 6.84. The van der Waals surface area contributed by atoms with Crippen molar-refractivity contribution >= 4 is 60.5 Å². The third-order valence-corrected chi connectivity index (χ3v) is 11.5. The number of para-hydroxylation sites is 1. The van der Waals surface area contributed by atoms with Gasteiger partial charge in [-0.25, -0.2) is 0 Å². The minimum absolute atomic E-state index is 0.920. The zero-order chi connectivity index (χ0) is 38.4. The van der Waals surface area contributed by atoms with E-state index in [2.05, 4.69) is 229 Å². The van der Waals surface area contributed by atoms with Crippen LogP contribution in [0.2, 0.25) is 0 Å². The maximum absolute atomic E-state index is 6.84. The molecule has 0 radical (unpaired) electrons. The lowest BCUT2D eigenvalue weighted by Gasteiger charge is -2.26. The van der Waals surface area contributed by atoms with Gasteiger partial charge in [0.05, 0.1) is 0 Å². The minimum Gasteiger partial charge on any atom is -0.455 e. The second kappa shape index (κ2) is 14.1. The molecule has 0 amide bonds. The normalized spacial score (nSPS) is 11.4. The van der Waals surface area contributed by atoms with E-state index in [4.69, 9.17) is 4.42 Å². The maximum Gasteiger partial charge on any atom is 0.143 e. The third kappa shape index (κ3) is 5.91. The first-order chi connectivity index (χ1) is 28.7. The lowest BCUT2D eigenvalue weighted by atomic mass is 9.97. The number of benzene rings is 10. The quantitative estimate of drug-likeness (QED) is 0.151. The van der Waals surface area contributed by atoms with Gasteiger partial charge in [-0.2, -0.15) is 0 Å². The van der Waals surface area contributed by atoms with Gasteiger partial charge in [-0.1, -0.05) is 182 Å². The van der Waals surface area contributed by atoms with Crippen molar-refractivity contribution in [2.24, 2.45) is 0 Å². The van der Waals surface area contributed by atoms with Gasteiger partial charge in [0.15, 0.2) is 0 Å². The van der Waals surface area contributed by atoms with E-state index in [1.54, 1.807) is 0 Å². The summed E-state index contributed by atoms with van der Waals surface area (Å²) in [6, 6.07) is 80.4. The average Bonchev–Trinajstić information content (AvgIpc) is 3.70. The van der Waals surface area contributed by atoms with Crippen molar-refractivity contribution in [3.63, 3.8) is 0 Å². The fraction of sp³-hybridized carbons (Fsp3) is 0. The van der Waals surface area contributed by atoms with E-state index in [0.29, 0.717) is 0 Å². The number of anilines is 3. The molecule has 0 aliphatic heterocycles. The van der Waals surface area contributed by atoms with Gasteiger partial charge in [-0.15, -0.1) is 0 Å². The van der Waals surface area contributed by atoms with Crippen molar-refractivity contribution in [3.05, 3.63) is 224 Å². The summed E-state index contributed by atoms with van der Waals surface area (Å²) < 4.78 is 6.84. The van der Waals surface area contributed by atoms with Crippen LogP contribution in [0.1, 0.15) is 0 Å². The van der Waals surface area contributed by atoms with Gasteiger partial charge in [0.1, 0.15) is 11.2 Å². The van der Waals surface area contributed by atoms with Crippen LogP contribution in [0.5, 0.6) is 0 Å². The lowest BCUT2D eigenvalue weighted by Crippen LogP contribution is -2.09. The van der Waals surface area contributed by atoms with Gasteiger partial charge in [0, 0.05) is 38.8 Å². The Morgan fingerprint density at radius 3 is 1.24 bits per heavy atom. The van der Waals surface area contributed by atoms with E-state index in [9.17, 15) is 0 Å². The molecule has 0 aliphatic carbocycles. The van der Waals surface area contributed by atoms with Crippen LogP contribution in [0, 0.1) is 0 Å². The Hall–Kier alpha value is -7.68. The Labute approximate surface area is 337 Å². The van der Waals surface area contributed by atoms with Gasteiger partial charge >= 0.3 is 0 Å². The van der Waals surface area contributed by atoms with Crippen LogP contribution in [0.15, 0.2) is 229 Å². The largest absolute Gasteiger partial charge is 0.455 e. The van der Waals surface area contributed by atoms with E-state index >= 15 is 0 Å². The van der Waals surface area contributed by atoms with Crippen molar-refractivity contribution in [2.45, 2.75) is 0 Å². The summed E-state index contributed by atoms with van der Waals surface area (Å²) >= 11 is 0. The molecule has 0 spiro atoms. The molecule has 0 saturated carbocycles. The minimum atomic E-state index is 0.920. The van der Waals surface area contributed by atoms with Gasteiger partial charge in [0.2, 0.25) is 0 Å². The van der Waals surface area contributed by atoms with Crippen molar-refractivity contribution in [1.82, 2.24) is 0 Å². The van der Waals surface area contributed by atoms with Crippen LogP contribution < -0.4 is 4.90 Å². The molecule has 11 rings (SSSR count). The van der Waals surface area contributed by atoms with Gasteiger partial charge in [-0.3, -0.25) is 0 Å². The SMILES string of the molecule is c1ccc(-c2ccc(N(c3ccc(-c4ccccc4)cc3)c3ccc(-c4ccc(-c5cccc6c5oc5c6ccc6ccc7ccccc7c65)cc4)cc3)cc2)cc1. The lowest BCUT2D eigenvalue weighted by molar-refractivity contribution is 0.674. The molecule has 0 atom stereocenters. The highest BCUT2D eigenvalue weighted by Crippen LogP contribution is 2.42. The van der Waals surface area contributed by atoms with Gasteiger partial charge < -0.3 is 9.32 Å². The number of fused-ring (bicyclic) bond motifs is 7. The molecule has 272 valence electrons. The molecule has 11 aromatic rings. The summed E-state index contributed by atoms with van der Waals surface area (Å²) in [5.41, 5.74) is 14.5. The monoisotopic (exact) mass is 739 g/mol. The van der Waals surface area contributed by atoms with E-state index in [-0.39, 0.29) is 0 Å². The molecule has 1 aromatic heterocycles. The number of hydrogen-bond donors (Lipinski definition) is 0. The predicted molar refractivity (Wildman–Crippen MR) is 245 cm³/mol. The smallest absolute Gasteiger partial charge is 0.143 e. The summed E-state index contributed by atoms with van der Waals surface area (Å²) in [7, 11) is 0. The molecule has 0 unspecified atom stereocenters. The molecule has 1 heterocycles. The molecule has 58 heavy (non-hydrogen) atoms. The summed E-state index contributed by atoms with van der Waals surface area (Å²) in [5, 5.41) is 7.07. The van der Waals surface area contributed by atoms with E-state index < -0.39 is 0 Å². The second-order valence-corrected chi connectivity index (χ2v) is 14.9. The molecule has 0 aliphatic rings. The van der Waals surface area contributed by atoms with Crippen LogP contribution in [0.3, 0.4) is 0 Å². The van der Waals surface area contributed by atoms with Gasteiger partial charge in [-0.05, 0) is 97.6 Å². The van der Waals surface area contributed by atoms with E-state index in [1.165, 1.54) is 43.8 Å². The highest BCUT2D eigenvalue weighted by atomic mass is 16.3. The Morgan fingerprint density at radius 1 is 0.259 bits per heavy atom. The molecular formula is C56H37NO. The zero-order valence-electron chi connectivity index (χ0n) is 31.7. The van der Waals surface area contributed by atoms with Crippen LogP contribution in [-0.4, -0.2) is 0 Å². The van der Waals surface area contributed by atoms with E-state index in [1.807, 2.05) is 0 Å². The topological polar surface area (TPSA) is 16.4 Å². The first-order valence-electron chi connectivity index (χ1n) is 19.8. The van der Waals surface area contributed by atoms with Gasteiger partial charge in [0.25, 0.3) is 0 Å². The number of hydrogen-bond acceptors (Lipinski definition) is 2. The Balaban J connectivity index is 0.929. The fourth-order valence-corrected chi connectivity index (χ4v) is 8.53. The van der Waals surface area contributed by atoms with Crippen LogP contribution >= 0.6 is 0 Å². The molecule has 10 aromatic carbocycles. The molecule has 2 nitrogen and oxygen atoms in total. The van der Waals surface area contributed by atoms with Crippen molar-refractivity contribution < 1.29 is 4.42 Å². The molecule has 0 saturated heterocycles. The van der Waals surface area contributed by atoms with Crippen molar-refractivity contribution in [1.29, 1.82) is 0 Å².